The molecule has 2 nitrogen and oxygen atoms in total. The summed E-state index contributed by atoms with van der Waals surface area (Å²) in [5.74, 6) is 0.141. The number of hydrogen-bond acceptors (Lipinski definition) is 3. The molecule has 0 amide bonds. The van der Waals surface area contributed by atoms with Gasteiger partial charge in [-0.15, -0.1) is 11.3 Å². The predicted molar refractivity (Wildman–Crippen MR) is 93.3 cm³/mol. The van der Waals surface area contributed by atoms with Crippen LogP contribution in [0.3, 0.4) is 0 Å². The maximum atomic E-state index is 13.2. The Morgan fingerprint density at radius 1 is 1.27 bits per heavy atom. The van der Waals surface area contributed by atoms with E-state index in [-0.39, 0.29) is 5.78 Å². The molecule has 1 atom stereocenters. The molecule has 114 valence electrons. The fraction of sp³-hybridized carbons (Fsp3) is 0.278. The minimum absolute atomic E-state index is 0.141. The van der Waals surface area contributed by atoms with E-state index >= 15 is 0 Å². The zero-order valence-corrected chi connectivity index (χ0v) is 14.0. The first kappa shape index (κ1) is 15.5. The van der Waals surface area contributed by atoms with E-state index < -0.39 is 5.54 Å². The first-order valence-corrected chi connectivity index (χ1v) is 8.66. The van der Waals surface area contributed by atoms with E-state index in [1.54, 1.807) is 11.3 Å². The topological polar surface area (TPSA) is 29.1 Å². The maximum Gasteiger partial charge on any atom is 0.183 e. The van der Waals surface area contributed by atoms with Crippen LogP contribution in [0.25, 0.3) is 6.08 Å². The van der Waals surface area contributed by atoms with Crippen LogP contribution in [0.5, 0.6) is 0 Å². The Balaban J connectivity index is 2.05. The molecule has 0 radical (unpaired) electrons. The third-order valence-electron chi connectivity index (χ3n) is 4.30. The fourth-order valence-electron chi connectivity index (χ4n) is 3.17. The zero-order valence-electron chi connectivity index (χ0n) is 12.4. The van der Waals surface area contributed by atoms with Gasteiger partial charge in [0.15, 0.2) is 5.78 Å². The van der Waals surface area contributed by atoms with Crippen molar-refractivity contribution in [2.45, 2.75) is 24.8 Å². The Kier molecular flexibility index (Phi) is 4.48. The minimum atomic E-state index is -0.709. The first-order valence-electron chi connectivity index (χ1n) is 7.40. The summed E-state index contributed by atoms with van der Waals surface area (Å²) < 4.78 is 0. The molecule has 1 aromatic heterocycles. The van der Waals surface area contributed by atoms with Gasteiger partial charge in [-0.25, -0.2) is 0 Å². The van der Waals surface area contributed by atoms with E-state index in [9.17, 15) is 4.79 Å². The molecule has 0 bridgehead atoms. The number of hydrogen-bond donors (Lipinski definition) is 1. The van der Waals surface area contributed by atoms with Crippen molar-refractivity contribution in [3.8, 4) is 0 Å². The van der Waals surface area contributed by atoms with Crippen LogP contribution in [0.1, 0.15) is 29.7 Å². The van der Waals surface area contributed by atoms with Crippen LogP contribution < -0.4 is 5.32 Å². The van der Waals surface area contributed by atoms with Gasteiger partial charge in [-0.1, -0.05) is 35.9 Å². The molecule has 1 aliphatic rings. The number of nitrogens with one attached hydrogen (secondary N) is 1. The third kappa shape index (κ3) is 2.65. The summed E-state index contributed by atoms with van der Waals surface area (Å²) in [6, 6.07) is 11.7. The van der Waals surface area contributed by atoms with Crippen molar-refractivity contribution in [2.24, 2.45) is 0 Å². The minimum Gasteiger partial charge on any atom is -0.304 e. The summed E-state index contributed by atoms with van der Waals surface area (Å²) in [5.41, 5.74) is 1.04. The molecule has 2 aromatic rings. The lowest BCUT2D eigenvalue weighted by atomic mass is 9.73. The monoisotopic (exact) mass is 331 g/mol. The SMILES string of the molecule is CN[C@@]1(c2ccccc2Cl)CCC/C(=C\c2cccs2)C1=O. The number of ketones is 1. The third-order valence-corrected chi connectivity index (χ3v) is 5.45. The second kappa shape index (κ2) is 6.37. The molecule has 4 heteroatoms. The smallest absolute Gasteiger partial charge is 0.183 e. The number of rotatable bonds is 3. The van der Waals surface area contributed by atoms with Gasteiger partial charge >= 0.3 is 0 Å². The second-order valence-electron chi connectivity index (χ2n) is 5.50. The summed E-state index contributed by atoms with van der Waals surface area (Å²) in [6.07, 6.45) is 4.59. The molecule has 0 aliphatic heterocycles. The van der Waals surface area contributed by atoms with Crippen molar-refractivity contribution in [1.82, 2.24) is 5.32 Å². The molecule has 1 saturated carbocycles. The average Bonchev–Trinajstić information content (AvgIpc) is 3.04. The van der Waals surface area contributed by atoms with Gasteiger partial charge in [-0.2, -0.15) is 0 Å². The standard InChI is InChI=1S/C18H18ClNOS/c1-20-18(15-8-2-3-9-16(15)19)10-4-6-13(17(18)21)12-14-7-5-11-22-14/h2-3,5,7-9,11-12,20H,4,6,10H2,1H3/b13-12+/t18-/m1/s1. The largest absolute Gasteiger partial charge is 0.304 e. The van der Waals surface area contributed by atoms with Gasteiger partial charge in [0.05, 0.1) is 0 Å². The summed E-state index contributed by atoms with van der Waals surface area (Å²) in [7, 11) is 1.84. The molecule has 1 aromatic carbocycles. The summed E-state index contributed by atoms with van der Waals surface area (Å²) in [5, 5.41) is 5.93. The molecular weight excluding hydrogens is 314 g/mol. The zero-order chi connectivity index (χ0) is 15.6. The van der Waals surface area contributed by atoms with Crippen LogP contribution in [0.15, 0.2) is 47.4 Å². The van der Waals surface area contributed by atoms with Crippen LogP contribution in [-0.2, 0) is 10.3 Å². The highest BCUT2D eigenvalue weighted by molar-refractivity contribution is 7.10. The summed E-state index contributed by atoms with van der Waals surface area (Å²) in [4.78, 5) is 14.3. The molecule has 0 saturated heterocycles. The molecule has 1 fully saturated rings. The Morgan fingerprint density at radius 2 is 2.09 bits per heavy atom. The van der Waals surface area contributed by atoms with Gasteiger partial charge < -0.3 is 5.32 Å². The van der Waals surface area contributed by atoms with E-state index in [1.165, 1.54) is 0 Å². The summed E-state index contributed by atoms with van der Waals surface area (Å²) >= 11 is 8.02. The highest BCUT2D eigenvalue weighted by Crippen LogP contribution is 2.40. The number of benzene rings is 1. The van der Waals surface area contributed by atoms with Crippen LogP contribution in [-0.4, -0.2) is 12.8 Å². The summed E-state index contributed by atoms with van der Waals surface area (Å²) in [6.45, 7) is 0. The Bertz CT molecular complexity index is 708. The lowest BCUT2D eigenvalue weighted by Gasteiger charge is -2.37. The average molecular weight is 332 g/mol. The molecule has 0 unspecified atom stereocenters. The van der Waals surface area contributed by atoms with Gasteiger partial charge in [0, 0.05) is 9.90 Å². The molecule has 1 heterocycles. The van der Waals surface area contributed by atoms with Gasteiger partial charge in [0.2, 0.25) is 0 Å². The number of carbonyl (C=O) groups is 1. The molecular formula is C18H18ClNOS. The van der Waals surface area contributed by atoms with Crippen molar-refractivity contribution >= 4 is 34.8 Å². The van der Waals surface area contributed by atoms with E-state index in [0.29, 0.717) is 5.02 Å². The van der Waals surface area contributed by atoms with Crippen molar-refractivity contribution in [3.63, 3.8) is 0 Å². The molecule has 3 rings (SSSR count). The van der Waals surface area contributed by atoms with Crippen molar-refractivity contribution < 1.29 is 4.79 Å². The van der Waals surface area contributed by atoms with E-state index in [2.05, 4.69) is 5.32 Å². The highest BCUT2D eigenvalue weighted by atomic mass is 35.5. The molecule has 0 spiro atoms. The predicted octanol–water partition coefficient (Wildman–Crippen LogP) is 4.65. The molecule has 1 aliphatic carbocycles. The highest BCUT2D eigenvalue weighted by Gasteiger charge is 2.43. The number of Topliss-reactive ketones (excluding diaryl/α,β-unsaturated/α-hetero) is 1. The van der Waals surface area contributed by atoms with Crippen LogP contribution in [0.2, 0.25) is 5.02 Å². The number of thiophene rings is 1. The van der Waals surface area contributed by atoms with Crippen LogP contribution in [0, 0.1) is 0 Å². The van der Waals surface area contributed by atoms with Crippen LogP contribution >= 0.6 is 22.9 Å². The number of likely N-dealkylation sites (N-methyl/N-ethyl adjacent to an activating group) is 1. The maximum absolute atomic E-state index is 13.2. The van der Waals surface area contributed by atoms with Gasteiger partial charge in [-0.05, 0) is 61.0 Å². The first-order chi connectivity index (χ1) is 10.7. The van der Waals surface area contributed by atoms with Crippen molar-refractivity contribution in [2.75, 3.05) is 7.05 Å². The lowest BCUT2D eigenvalue weighted by molar-refractivity contribution is -0.123. The second-order valence-corrected chi connectivity index (χ2v) is 6.89. The van der Waals surface area contributed by atoms with Crippen LogP contribution in [0.4, 0.5) is 0 Å². The number of halogens is 1. The van der Waals surface area contributed by atoms with Gasteiger partial charge in [0.1, 0.15) is 5.54 Å². The van der Waals surface area contributed by atoms with E-state index in [4.69, 9.17) is 11.6 Å². The Labute approximate surface area is 139 Å². The normalized spacial score (nSPS) is 23.9. The van der Waals surface area contributed by atoms with E-state index in [0.717, 1.165) is 35.3 Å². The Morgan fingerprint density at radius 3 is 2.77 bits per heavy atom. The molecule has 22 heavy (non-hydrogen) atoms. The van der Waals surface area contributed by atoms with E-state index in [1.807, 2.05) is 54.9 Å². The number of carbonyl (C=O) groups excluding carboxylic acids is 1. The molecule has 1 N–H and O–H groups in total. The van der Waals surface area contributed by atoms with Crippen molar-refractivity contribution in [3.05, 3.63) is 62.8 Å². The lowest BCUT2D eigenvalue weighted by Crippen LogP contribution is -2.50. The Hall–Kier alpha value is -1.42. The van der Waals surface area contributed by atoms with Gasteiger partial charge in [0.25, 0.3) is 0 Å². The van der Waals surface area contributed by atoms with Crippen molar-refractivity contribution in [1.29, 1.82) is 0 Å². The fourth-order valence-corrected chi connectivity index (χ4v) is 4.14. The quantitative estimate of drug-likeness (QED) is 0.829. The van der Waals surface area contributed by atoms with Gasteiger partial charge in [-0.3, -0.25) is 4.79 Å².